The lowest BCUT2D eigenvalue weighted by molar-refractivity contribution is -0.112. The Hall–Kier alpha value is -0.810. The Morgan fingerprint density at radius 2 is 2.05 bits per heavy atom. The van der Waals surface area contributed by atoms with E-state index >= 15 is 0 Å². The minimum atomic E-state index is -0.272. The molecule has 0 bridgehead atoms. The van der Waals surface area contributed by atoms with Gasteiger partial charge in [-0.25, -0.2) is 0 Å². The molecule has 3 rings (SSSR count). The van der Waals surface area contributed by atoms with Crippen LogP contribution in [-0.2, 0) is 22.5 Å². The number of hydrogen-bond acceptors (Lipinski definition) is 4. The summed E-state index contributed by atoms with van der Waals surface area (Å²) in [5.41, 5.74) is 7.82. The van der Waals surface area contributed by atoms with Gasteiger partial charge in [-0.3, -0.25) is 0 Å². The fourth-order valence-corrected chi connectivity index (χ4v) is 3.10. The quantitative estimate of drug-likeness (QED) is 0.926. The van der Waals surface area contributed by atoms with Crippen LogP contribution in [0.3, 0.4) is 0 Å². The third-order valence-corrected chi connectivity index (χ3v) is 4.35. The first-order chi connectivity index (χ1) is 9.72. The van der Waals surface area contributed by atoms with Gasteiger partial charge < -0.3 is 19.9 Å². The molecule has 2 aliphatic rings. The minimum Gasteiger partial charge on any atom is -0.493 e. The Balaban J connectivity index is 1.75. The van der Waals surface area contributed by atoms with Crippen molar-refractivity contribution < 1.29 is 14.2 Å². The molecule has 0 amide bonds. The average Bonchev–Trinajstić information content (AvgIpc) is 2.94. The third kappa shape index (κ3) is 2.79. The average molecular weight is 298 g/mol. The predicted octanol–water partition coefficient (Wildman–Crippen LogP) is 2.30. The summed E-state index contributed by atoms with van der Waals surface area (Å²) in [5, 5.41) is 0.738. The van der Waals surface area contributed by atoms with Crippen molar-refractivity contribution in [2.24, 2.45) is 5.73 Å². The van der Waals surface area contributed by atoms with E-state index in [1.165, 1.54) is 5.56 Å². The summed E-state index contributed by atoms with van der Waals surface area (Å²) in [6.07, 6.45) is 2.60. The second-order valence-corrected chi connectivity index (χ2v) is 5.88. The van der Waals surface area contributed by atoms with Crippen LogP contribution in [0, 0.1) is 0 Å². The van der Waals surface area contributed by atoms with Crippen molar-refractivity contribution >= 4 is 11.6 Å². The zero-order chi connectivity index (χ0) is 14.0. The maximum Gasteiger partial charge on any atom is 0.128 e. The molecular weight excluding hydrogens is 278 g/mol. The largest absolute Gasteiger partial charge is 0.493 e. The smallest absolute Gasteiger partial charge is 0.128 e. The number of ether oxygens (including phenoxy) is 3. The van der Waals surface area contributed by atoms with Gasteiger partial charge in [0.2, 0.25) is 0 Å². The molecule has 0 spiro atoms. The van der Waals surface area contributed by atoms with Gasteiger partial charge in [-0.15, -0.1) is 0 Å². The molecule has 0 saturated carbocycles. The van der Waals surface area contributed by atoms with Crippen LogP contribution in [0.2, 0.25) is 5.02 Å². The van der Waals surface area contributed by atoms with Gasteiger partial charge in [0.05, 0.1) is 18.8 Å². The molecule has 0 radical (unpaired) electrons. The number of fused-ring (bicyclic) bond motifs is 1. The number of nitrogens with two attached hydrogens (primary N) is 1. The van der Waals surface area contributed by atoms with E-state index < -0.39 is 0 Å². The lowest BCUT2D eigenvalue weighted by Crippen LogP contribution is -2.45. The lowest BCUT2D eigenvalue weighted by Gasteiger charge is -2.36. The van der Waals surface area contributed by atoms with Gasteiger partial charge >= 0.3 is 0 Å². The van der Waals surface area contributed by atoms with Crippen molar-refractivity contribution in [1.29, 1.82) is 0 Å². The summed E-state index contributed by atoms with van der Waals surface area (Å²) < 4.78 is 17.2. The standard InChI is InChI=1S/C15H20ClNO3/c16-13-7-11-1-4-19-14(11)12(8-13)9-20-15(10-17)2-5-18-6-3-15/h7-8H,1-6,9-10,17H2. The Morgan fingerprint density at radius 3 is 2.80 bits per heavy atom. The maximum atomic E-state index is 6.16. The summed E-state index contributed by atoms with van der Waals surface area (Å²) in [4.78, 5) is 0. The van der Waals surface area contributed by atoms with Gasteiger partial charge in [0.15, 0.2) is 0 Å². The van der Waals surface area contributed by atoms with E-state index in [1.807, 2.05) is 12.1 Å². The first-order valence-corrected chi connectivity index (χ1v) is 7.46. The van der Waals surface area contributed by atoms with E-state index in [0.717, 1.165) is 42.2 Å². The van der Waals surface area contributed by atoms with E-state index in [-0.39, 0.29) is 5.60 Å². The lowest BCUT2D eigenvalue weighted by atomic mass is 9.94. The predicted molar refractivity (Wildman–Crippen MR) is 77.3 cm³/mol. The molecule has 0 aromatic heterocycles. The topological polar surface area (TPSA) is 53.7 Å². The van der Waals surface area contributed by atoms with Crippen LogP contribution in [0.1, 0.15) is 24.0 Å². The van der Waals surface area contributed by atoms with Crippen LogP contribution in [0.4, 0.5) is 0 Å². The molecule has 1 saturated heterocycles. The van der Waals surface area contributed by atoms with E-state index in [1.54, 1.807) is 0 Å². The Labute approximate surface area is 124 Å². The fraction of sp³-hybridized carbons (Fsp3) is 0.600. The van der Waals surface area contributed by atoms with Crippen molar-refractivity contribution in [2.75, 3.05) is 26.4 Å². The van der Waals surface area contributed by atoms with Crippen molar-refractivity contribution in [2.45, 2.75) is 31.5 Å². The summed E-state index contributed by atoms with van der Waals surface area (Å²) >= 11 is 6.16. The van der Waals surface area contributed by atoms with Gasteiger partial charge in [0, 0.05) is 49.6 Å². The van der Waals surface area contributed by atoms with Gasteiger partial charge in [0.25, 0.3) is 0 Å². The molecule has 20 heavy (non-hydrogen) atoms. The molecule has 0 aliphatic carbocycles. The van der Waals surface area contributed by atoms with Crippen LogP contribution < -0.4 is 10.5 Å². The van der Waals surface area contributed by atoms with E-state index in [9.17, 15) is 0 Å². The van der Waals surface area contributed by atoms with Crippen LogP contribution in [-0.4, -0.2) is 32.0 Å². The van der Waals surface area contributed by atoms with E-state index in [0.29, 0.717) is 26.4 Å². The molecule has 0 unspecified atom stereocenters. The Bertz CT molecular complexity index is 486. The number of rotatable bonds is 4. The highest BCUT2D eigenvalue weighted by Crippen LogP contribution is 2.35. The molecule has 2 N–H and O–H groups in total. The van der Waals surface area contributed by atoms with E-state index in [2.05, 4.69) is 0 Å². The summed E-state index contributed by atoms with van der Waals surface area (Å²) in [7, 11) is 0. The zero-order valence-corrected chi connectivity index (χ0v) is 12.2. The molecule has 0 atom stereocenters. The molecule has 5 heteroatoms. The SMILES string of the molecule is NCC1(OCc2cc(Cl)cc3c2OCC3)CCOCC1. The third-order valence-electron chi connectivity index (χ3n) is 4.14. The van der Waals surface area contributed by atoms with Gasteiger partial charge in [-0.2, -0.15) is 0 Å². The fourth-order valence-electron chi connectivity index (χ4n) is 2.83. The monoisotopic (exact) mass is 297 g/mol. The van der Waals surface area contributed by atoms with Crippen LogP contribution in [0.5, 0.6) is 5.75 Å². The highest BCUT2D eigenvalue weighted by atomic mass is 35.5. The molecule has 1 aromatic rings. The molecule has 110 valence electrons. The molecular formula is C15H20ClNO3. The number of halogens is 1. The first-order valence-electron chi connectivity index (χ1n) is 7.08. The van der Waals surface area contributed by atoms with Gasteiger partial charge in [-0.1, -0.05) is 11.6 Å². The van der Waals surface area contributed by atoms with Crippen molar-refractivity contribution in [3.8, 4) is 5.75 Å². The van der Waals surface area contributed by atoms with E-state index in [4.69, 9.17) is 31.5 Å². The second-order valence-electron chi connectivity index (χ2n) is 5.44. The minimum absolute atomic E-state index is 0.272. The van der Waals surface area contributed by atoms with Crippen LogP contribution in [0.25, 0.3) is 0 Å². The summed E-state index contributed by atoms with van der Waals surface area (Å²) in [6.45, 7) is 3.14. The number of benzene rings is 1. The molecule has 2 aliphatic heterocycles. The van der Waals surface area contributed by atoms with Crippen molar-refractivity contribution in [3.05, 3.63) is 28.3 Å². The first kappa shape index (κ1) is 14.1. The van der Waals surface area contributed by atoms with Crippen LogP contribution >= 0.6 is 11.6 Å². The van der Waals surface area contributed by atoms with Gasteiger partial charge in [0.1, 0.15) is 5.75 Å². The van der Waals surface area contributed by atoms with Crippen molar-refractivity contribution in [1.82, 2.24) is 0 Å². The normalized spacial score (nSPS) is 20.5. The molecule has 2 heterocycles. The van der Waals surface area contributed by atoms with Crippen molar-refractivity contribution in [3.63, 3.8) is 0 Å². The Kier molecular flexibility index (Phi) is 4.17. The molecule has 1 fully saturated rings. The molecule has 4 nitrogen and oxygen atoms in total. The molecule has 1 aromatic carbocycles. The highest BCUT2D eigenvalue weighted by molar-refractivity contribution is 6.30. The number of hydrogen-bond donors (Lipinski definition) is 1. The second kappa shape index (κ2) is 5.90. The zero-order valence-electron chi connectivity index (χ0n) is 11.5. The Morgan fingerprint density at radius 1 is 1.25 bits per heavy atom. The highest BCUT2D eigenvalue weighted by Gasteiger charge is 2.32. The summed E-state index contributed by atoms with van der Waals surface area (Å²) in [6, 6.07) is 3.90. The van der Waals surface area contributed by atoms with Crippen LogP contribution in [0.15, 0.2) is 12.1 Å². The maximum absolute atomic E-state index is 6.16. The van der Waals surface area contributed by atoms with Gasteiger partial charge in [-0.05, 0) is 17.7 Å². The summed E-state index contributed by atoms with van der Waals surface area (Å²) in [5.74, 6) is 0.939.